The van der Waals surface area contributed by atoms with Gasteiger partial charge in [0.25, 0.3) is 0 Å². The lowest BCUT2D eigenvalue weighted by atomic mass is 9.98. The molecule has 8 nitrogen and oxygen atoms in total. The molecule has 1 fully saturated rings. The quantitative estimate of drug-likeness (QED) is 0.642. The van der Waals surface area contributed by atoms with E-state index in [1.807, 2.05) is 6.92 Å². The number of hydrogen-bond acceptors (Lipinski definition) is 7. The molecule has 1 atom stereocenters. The third-order valence-electron chi connectivity index (χ3n) is 4.39. The van der Waals surface area contributed by atoms with Crippen molar-refractivity contribution in [3.63, 3.8) is 0 Å². The molecule has 27 heavy (non-hydrogen) atoms. The fraction of sp³-hybridized carbons (Fsp3) is 0.556. The van der Waals surface area contributed by atoms with E-state index >= 15 is 0 Å². The van der Waals surface area contributed by atoms with Crippen LogP contribution in [0.15, 0.2) is 29.2 Å². The molecule has 1 heterocycles. The van der Waals surface area contributed by atoms with Crippen LogP contribution >= 0.6 is 0 Å². The Bertz CT molecular complexity index is 752. The summed E-state index contributed by atoms with van der Waals surface area (Å²) < 4.78 is 41.8. The third-order valence-corrected chi connectivity index (χ3v) is 6.30. The number of esters is 2. The number of piperidine rings is 1. The van der Waals surface area contributed by atoms with Crippen LogP contribution in [0, 0.1) is 5.92 Å². The zero-order chi connectivity index (χ0) is 20.0. The maximum absolute atomic E-state index is 12.7. The van der Waals surface area contributed by atoms with Gasteiger partial charge in [-0.15, -0.1) is 0 Å². The van der Waals surface area contributed by atoms with Crippen LogP contribution in [0.1, 0.15) is 26.7 Å². The van der Waals surface area contributed by atoms with Crippen LogP contribution in [-0.4, -0.2) is 57.6 Å². The molecule has 0 radical (unpaired) electrons. The summed E-state index contributed by atoms with van der Waals surface area (Å²) in [6.07, 6.45) is -0.306. The monoisotopic (exact) mass is 399 g/mol. The second kappa shape index (κ2) is 9.18. The lowest BCUT2D eigenvalue weighted by Crippen LogP contribution is -2.41. The molecule has 0 bridgehead atoms. The summed E-state index contributed by atoms with van der Waals surface area (Å²) in [5.41, 5.74) is 0. The summed E-state index contributed by atoms with van der Waals surface area (Å²) in [6, 6.07) is 6.26. The fourth-order valence-corrected chi connectivity index (χ4v) is 4.31. The molecule has 1 aromatic rings. The van der Waals surface area contributed by atoms with Gasteiger partial charge in [-0.1, -0.05) is 0 Å². The Kier molecular flexibility index (Phi) is 7.20. The molecule has 150 valence electrons. The molecule has 1 aliphatic rings. The lowest BCUT2D eigenvalue weighted by molar-refractivity contribution is -0.168. The van der Waals surface area contributed by atoms with Crippen molar-refractivity contribution in [2.24, 2.45) is 5.92 Å². The van der Waals surface area contributed by atoms with Gasteiger partial charge in [-0.05, 0) is 51.0 Å². The number of sulfonamides is 1. The van der Waals surface area contributed by atoms with E-state index in [2.05, 4.69) is 4.74 Å². The normalized spacial score (nSPS) is 17.1. The van der Waals surface area contributed by atoms with E-state index < -0.39 is 34.0 Å². The van der Waals surface area contributed by atoms with E-state index in [0.29, 0.717) is 25.2 Å². The molecule has 0 aromatic heterocycles. The van der Waals surface area contributed by atoms with Gasteiger partial charge in [0.1, 0.15) is 5.75 Å². The Morgan fingerprint density at radius 3 is 2.30 bits per heavy atom. The van der Waals surface area contributed by atoms with Gasteiger partial charge in [0.2, 0.25) is 10.0 Å². The molecular formula is C18H25NO7S. The van der Waals surface area contributed by atoms with Crippen LogP contribution in [0.2, 0.25) is 0 Å². The number of methoxy groups -OCH3 is 1. The molecular weight excluding hydrogens is 374 g/mol. The predicted octanol–water partition coefficient (Wildman–Crippen LogP) is 1.59. The molecule has 0 saturated carbocycles. The first-order valence-corrected chi connectivity index (χ1v) is 10.2. The number of nitrogens with zero attached hydrogens (tertiary/aromatic N) is 1. The number of benzene rings is 1. The van der Waals surface area contributed by atoms with E-state index in [9.17, 15) is 18.0 Å². The maximum Gasteiger partial charge on any atom is 0.346 e. The summed E-state index contributed by atoms with van der Waals surface area (Å²) in [6.45, 7) is 4.22. The average molecular weight is 399 g/mol. The van der Waals surface area contributed by atoms with Gasteiger partial charge >= 0.3 is 11.9 Å². The van der Waals surface area contributed by atoms with E-state index in [0.717, 1.165) is 0 Å². The van der Waals surface area contributed by atoms with Crippen molar-refractivity contribution in [3.8, 4) is 5.75 Å². The van der Waals surface area contributed by atoms with Crippen molar-refractivity contribution in [1.82, 2.24) is 4.31 Å². The van der Waals surface area contributed by atoms with Gasteiger partial charge in [-0.25, -0.2) is 13.2 Å². The van der Waals surface area contributed by atoms with Crippen LogP contribution < -0.4 is 4.74 Å². The molecule has 2 rings (SSSR count). The number of carbonyl (C=O) groups is 2. The Labute approximate surface area is 159 Å². The first-order valence-electron chi connectivity index (χ1n) is 8.81. The van der Waals surface area contributed by atoms with Gasteiger partial charge < -0.3 is 14.2 Å². The standard InChI is InChI=1S/C18H25NO7S/c1-4-25-15-5-7-16(8-6-15)27(22,23)19-11-9-14(10-12-19)18(21)26-13(2)17(20)24-3/h5-8,13-14H,4,9-12H2,1-3H3. The number of hydrogen-bond donors (Lipinski definition) is 0. The molecule has 1 saturated heterocycles. The summed E-state index contributed by atoms with van der Waals surface area (Å²) in [5.74, 6) is -0.966. The fourth-order valence-electron chi connectivity index (χ4n) is 2.84. The third kappa shape index (κ3) is 5.20. The maximum atomic E-state index is 12.7. The van der Waals surface area contributed by atoms with Gasteiger partial charge in [-0.2, -0.15) is 4.31 Å². The molecule has 0 spiro atoms. The van der Waals surface area contributed by atoms with Crippen LogP contribution in [-0.2, 0) is 29.1 Å². The Balaban J connectivity index is 1.95. The Hall–Kier alpha value is -2.13. The molecule has 9 heteroatoms. The SMILES string of the molecule is CCOc1ccc(S(=O)(=O)N2CCC(C(=O)OC(C)C(=O)OC)CC2)cc1. The van der Waals surface area contributed by atoms with Crippen molar-refractivity contribution >= 4 is 22.0 Å². The number of ether oxygens (including phenoxy) is 3. The molecule has 0 N–H and O–H groups in total. The summed E-state index contributed by atoms with van der Waals surface area (Å²) in [5, 5.41) is 0. The highest BCUT2D eigenvalue weighted by atomic mass is 32.2. The largest absolute Gasteiger partial charge is 0.494 e. The zero-order valence-corrected chi connectivity index (χ0v) is 16.5. The smallest absolute Gasteiger partial charge is 0.346 e. The van der Waals surface area contributed by atoms with Gasteiger partial charge in [0.05, 0.1) is 24.5 Å². The van der Waals surface area contributed by atoms with Crippen molar-refractivity contribution in [2.75, 3.05) is 26.8 Å². The van der Waals surface area contributed by atoms with Crippen LogP contribution in [0.4, 0.5) is 0 Å². The first kappa shape index (κ1) is 21.2. The van der Waals surface area contributed by atoms with Gasteiger partial charge in [0, 0.05) is 13.1 Å². The lowest BCUT2D eigenvalue weighted by Gasteiger charge is -2.30. The molecule has 0 aliphatic carbocycles. The number of rotatable bonds is 7. The first-order chi connectivity index (χ1) is 12.8. The highest BCUT2D eigenvalue weighted by Crippen LogP contribution is 2.26. The van der Waals surface area contributed by atoms with Crippen molar-refractivity contribution in [3.05, 3.63) is 24.3 Å². The van der Waals surface area contributed by atoms with Crippen LogP contribution in [0.5, 0.6) is 5.75 Å². The van der Waals surface area contributed by atoms with Gasteiger partial charge in [0.15, 0.2) is 6.10 Å². The summed E-state index contributed by atoms with van der Waals surface area (Å²) in [7, 11) is -2.41. The number of carbonyl (C=O) groups excluding carboxylic acids is 2. The minimum atomic E-state index is -3.63. The second-order valence-corrected chi connectivity index (χ2v) is 8.12. The molecule has 1 aliphatic heterocycles. The second-order valence-electron chi connectivity index (χ2n) is 6.19. The van der Waals surface area contributed by atoms with Crippen molar-refractivity contribution < 1.29 is 32.2 Å². The van der Waals surface area contributed by atoms with E-state index in [1.165, 1.54) is 30.5 Å². The molecule has 1 unspecified atom stereocenters. The Morgan fingerprint density at radius 1 is 1.19 bits per heavy atom. The van der Waals surface area contributed by atoms with E-state index in [-0.39, 0.29) is 18.0 Å². The van der Waals surface area contributed by atoms with Gasteiger partial charge in [-0.3, -0.25) is 4.79 Å². The minimum absolute atomic E-state index is 0.186. The summed E-state index contributed by atoms with van der Waals surface area (Å²) in [4.78, 5) is 23.7. The molecule has 1 aromatic carbocycles. The van der Waals surface area contributed by atoms with Crippen LogP contribution in [0.3, 0.4) is 0 Å². The average Bonchev–Trinajstić information content (AvgIpc) is 2.68. The topological polar surface area (TPSA) is 99.2 Å². The highest BCUT2D eigenvalue weighted by Gasteiger charge is 2.34. The Morgan fingerprint density at radius 2 is 1.78 bits per heavy atom. The highest BCUT2D eigenvalue weighted by molar-refractivity contribution is 7.89. The van der Waals surface area contributed by atoms with E-state index in [1.54, 1.807) is 12.1 Å². The predicted molar refractivity (Wildman–Crippen MR) is 96.7 cm³/mol. The van der Waals surface area contributed by atoms with Crippen molar-refractivity contribution in [1.29, 1.82) is 0 Å². The minimum Gasteiger partial charge on any atom is -0.494 e. The van der Waals surface area contributed by atoms with Crippen molar-refractivity contribution in [2.45, 2.75) is 37.7 Å². The van der Waals surface area contributed by atoms with Crippen LogP contribution in [0.25, 0.3) is 0 Å². The summed E-state index contributed by atoms with van der Waals surface area (Å²) >= 11 is 0. The molecule has 0 amide bonds. The zero-order valence-electron chi connectivity index (χ0n) is 15.7. The van der Waals surface area contributed by atoms with E-state index in [4.69, 9.17) is 9.47 Å².